The molecule has 1 N–H and O–H groups in total. The quantitative estimate of drug-likeness (QED) is 0.706. The first-order chi connectivity index (χ1) is 13.1. The molecule has 1 saturated heterocycles. The second kappa shape index (κ2) is 9.80. The molecule has 7 heteroatoms. The molecule has 3 rings (SSSR count). The molecule has 1 aromatic carbocycles. The molecule has 0 spiro atoms. The summed E-state index contributed by atoms with van der Waals surface area (Å²) < 4.78 is 1.24. The highest BCUT2D eigenvalue weighted by Gasteiger charge is 2.21. The Hall–Kier alpha value is -1.99. The lowest BCUT2D eigenvalue weighted by molar-refractivity contribution is -0.133. The number of hydrogen-bond acceptors (Lipinski definition) is 5. The van der Waals surface area contributed by atoms with Crippen molar-refractivity contribution < 1.29 is 9.59 Å². The van der Waals surface area contributed by atoms with Gasteiger partial charge in [0, 0.05) is 46.1 Å². The summed E-state index contributed by atoms with van der Waals surface area (Å²) in [6.45, 7) is 6.51. The van der Waals surface area contributed by atoms with Crippen molar-refractivity contribution in [3.8, 4) is 0 Å². The minimum absolute atomic E-state index is 0.00907. The summed E-state index contributed by atoms with van der Waals surface area (Å²) in [4.78, 5) is 32.2. The summed E-state index contributed by atoms with van der Waals surface area (Å²) in [6, 6.07) is 8.25. The van der Waals surface area contributed by atoms with Crippen LogP contribution < -0.4 is 5.32 Å². The topological polar surface area (TPSA) is 65.5 Å². The largest absolute Gasteiger partial charge is 0.356 e. The van der Waals surface area contributed by atoms with Gasteiger partial charge in [-0.2, -0.15) is 0 Å². The number of carbonyl (C=O) groups excluding carboxylic acids is 2. The van der Waals surface area contributed by atoms with Crippen molar-refractivity contribution in [1.82, 2.24) is 20.1 Å². The second-order valence-electron chi connectivity index (χ2n) is 7.03. The lowest BCUT2D eigenvalue weighted by atomic mass is 10.1. The first kappa shape index (κ1) is 19.8. The van der Waals surface area contributed by atoms with Crippen LogP contribution in [0.25, 0.3) is 10.2 Å². The number of benzene rings is 1. The van der Waals surface area contributed by atoms with Crippen LogP contribution in [-0.2, 0) is 16.1 Å². The van der Waals surface area contributed by atoms with E-state index in [1.807, 2.05) is 11.0 Å². The van der Waals surface area contributed by atoms with Gasteiger partial charge in [-0.15, -0.1) is 11.3 Å². The van der Waals surface area contributed by atoms with Crippen LogP contribution >= 0.6 is 11.3 Å². The zero-order valence-electron chi connectivity index (χ0n) is 15.9. The lowest BCUT2D eigenvalue weighted by Gasteiger charge is -2.34. The van der Waals surface area contributed by atoms with Crippen molar-refractivity contribution in [2.24, 2.45) is 0 Å². The van der Waals surface area contributed by atoms with Gasteiger partial charge in [0.25, 0.3) is 0 Å². The second-order valence-corrected chi connectivity index (χ2v) is 8.14. The van der Waals surface area contributed by atoms with E-state index in [0.29, 0.717) is 13.0 Å². The molecule has 0 aliphatic carbocycles. The van der Waals surface area contributed by atoms with Gasteiger partial charge in [0.15, 0.2) is 0 Å². The number of nitrogens with one attached hydrogen (secondary N) is 1. The molecule has 2 heterocycles. The SMILES string of the molecule is CC(=O)NCCCCCC(=O)N1CCN(Cc2nc3ccccc3s2)CC1. The van der Waals surface area contributed by atoms with Gasteiger partial charge in [-0.3, -0.25) is 14.5 Å². The fraction of sp³-hybridized carbons (Fsp3) is 0.550. The third-order valence-electron chi connectivity index (χ3n) is 4.86. The minimum atomic E-state index is 0.00907. The van der Waals surface area contributed by atoms with Crippen molar-refractivity contribution in [1.29, 1.82) is 0 Å². The number of fused-ring (bicyclic) bond motifs is 1. The van der Waals surface area contributed by atoms with Crippen LogP contribution in [0.15, 0.2) is 24.3 Å². The van der Waals surface area contributed by atoms with Crippen LogP contribution in [0.2, 0.25) is 0 Å². The van der Waals surface area contributed by atoms with E-state index in [2.05, 4.69) is 28.4 Å². The molecule has 0 radical (unpaired) electrons. The molecule has 146 valence electrons. The molecule has 0 saturated carbocycles. The van der Waals surface area contributed by atoms with E-state index in [4.69, 9.17) is 4.98 Å². The maximum atomic E-state index is 12.3. The Morgan fingerprint density at radius 2 is 1.89 bits per heavy atom. The molecule has 27 heavy (non-hydrogen) atoms. The molecule has 1 aliphatic rings. The Labute approximate surface area is 164 Å². The van der Waals surface area contributed by atoms with Gasteiger partial charge in [-0.05, 0) is 25.0 Å². The van der Waals surface area contributed by atoms with E-state index >= 15 is 0 Å². The van der Waals surface area contributed by atoms with Crippen molar-refractivity contribution in [3.05, 3.63) is 29.3 Å². The normalized spacial score (nSPS) is 15.2. The summed E-state index contributed by atoms with van der Waals surface area (Å²) in [5, 5.41) is 3.93. The third-order valence-corrected chi connectivity index (χ3v) is 5.88. The summed E-state index contributed by atoms with van der Waals surface area (Å²) in [5.74, 6) is 0.268. The van der Waals surface area contributed by atoms with Gasteiger partial charge in [-0.1, -0.05) is 18.6 Å². The van der Waals surface area contributed by atoms with Gasteiger partial charge in [0.2, 0.25) is 11.8 Å². The standard InChI is InChI=1S/C20H28N4O2S/c1-16(25)21-10-6-2-3-9-20(26)24-13-11-23(12-14-24)15-19-22-17-7-4-5-8-18(17)27-19/h4-5,7-8H,2-3,6,9-15H2,1H3,(H,21,25). The number of para-hydroxylation sites is 1. The van der Waals surface area contributed by atoms with Crippen LogP contribution in [0.4, 0.5) is 0 Å². The van der Waals surface area contributed by atoms with Gasteiger partial charge in [0.1, 0.15) is 5.01 Å². The Morgan fingerprint density at radius 1 is 1.11 bits per heavy atom. The predicted octanol–water partition coefficient (Wildman–Crippen LogP) is 2.64. The average Bonchev–Trinajstić information content (AvgIpc) is 3.07. The van der Waals surface area contributed by atoms with E-state index in [1.165, 1.54) is 11.6 Å². The fourth-order valence-corrected chi connectivity index (χ4v) is 4.34. The predicted molar refractivity (Wildman–Crippen MR) is 109 cm³/mol. The summed E-state index contributed by atoms with van der Waals surface area (Å²) in [7, 11) is 0. The first-order valence-electron chi connectivity index (χ1n) is 9.71. The van der Waals surface area contributed by atoms with E-state index in [1.54, 1.807) is 11.3 Å². The Bertz CT molecular complexity index is 735. The van der Waals surface area contributed by atoms with Gasteiger partial charge in [0.05, 0.1) is 16.8 Å². The molecule has 2 aromatic rings. The summed E-state index contributed by atoms with van der Waals surface area (Å²) in [6.07, 6.45) is 3.41. The number of hydrogen-bond donors (Lipinski definition) is 1. The Balaban J connectivity index is 1.34. The van der Waals surface area contributed by atoms with E-state index in [-0.39, 0.29) is 11.8 Å². The number of aromatic nitrogens is 1. The highest BCUT2D eigenvalue weighted by molar-refractivity contribution is 7.18. The summed E-state index contributed by atoms with van der Waals surface area (Å²) >= 11 is 1.76. The number of rotatable bonds is 8. The molecular formula is C20H28N4O2S. The van der Waals surface area contributed by atoms with Crippen LogP contribution in [-0.4, -0.2) is 59.3 Å². The van der Waals surface area contributed by atoms with Crippen molar-refractivity contribution >= 4 is 33.4 Å². The van der Waals surface area contributed by atoms with Gasteiger partial charge < -0.3 is 10.2 Å². The molecule has 1 aliphatic heterocycles. The van der Waals surface area contributed by atoms with Gasteiger partial charge in [-0.25, -0.2) is 4.98 Å². The lowest BCUT2D eigenvalue weighted by Crippen LogP contribution is -2.48. The molecule has 0 unspecified atom stereocenters. The van der Waals surface area contributed by atoms with E-state index < -0.39 is 0 Å². The number of thiazole rings is 1. The number of amides is 2. The Morgan fingerprint density at radius 3 is 2.63 bits per heavy atom. The van der Waals surface area contributed by atoms with Crippen LogP contribution in [0, 0.1) is 0 Å². The molecule has 0 atom stereocenters. The number of piperazine rings is 1. The minimum Gasteiger partial charge on any atom is -0.356 e. The summed E-state index contributed by atoms with van der Waals surface area (Å²) in [5.41, 5.74) is 1.07. The van der Waals surface area contributed by atoms with Crippen LogP contribution in [0.3, 0.4) is 0 Å². The maximum Gasteiger partial charge on any atom is 0.222 e. The Kier molecular flexibility index (Phi) is 7.18. The van der Waals surface area contributed by atoms with E-state index in [0.717, 1.165) is 62.5 Å². The van der Waals surface area contributed by atoms with Gasteiger partial charge >= 0.3 is 0 Å². The average molecular weight is 389 g/mol. The third kappa shape index (κ3) is 6.01. The smallest absolute Gasteiger partial charge is 0.222 e. The highest BCUT2D eigenvalue weighted by atomic mass is 32.1. The molecule has 2 amide bonds. The number of unbranched alkanes of at least 4 members (excludes halogenated alkanes) is 2. The van der Waals surface area contributed by atoms with Crippen LogP contribution in [0.1, 0.15) is 37.6 Å². The molecule has 1 aromatic heterocycles. The van der Waals surface area contributed by atoms with E-state index in [9.17, 15) is 9.59 Å². The fourth-order valence-electron chi connectivity index (χ4n) is 3.33. The highest BCUT2D eigenvalue weighted by Crippen LogP contribution is 2.23. The van der Waals surface area contributed by atoms with Crippen molar-refractivity contribution in [2.45, 2.75) is 39.2 Å². The molecule has 6 nitrogen and oxygen atoms in total. The first-order valence-corrected chi connectivity index (χ1v) is 10.5. The number of nitrogens with zero attached hydrogens (tertiary/aromatic N) is 3. The zero-order chi connectivity index (χ0) is 19.1. The monoisotopic (exact) mass is 388 g/mol. The van der Waals surface area contributed by atoms with Crippen molar-refractivity contribution in [2.75, 3.05) is 32.7 Å². The molecule has 1 fully saturated rings. The molecule has 0 bridgehead atoms. The van der Waals surface area contributed by atoms with Crippen LogP contribution in [0.5, 0.6) is 0 Å². The zero-order valence-corrected chi connectivity index (χ0v) is 16.8. The number of carbonyl (C=O) groups is 2. The molecular weight excluding hydrogens is 360 g/mol. The maximum absolute atomic E-state index is 12.3. The van der Waals surface area contributed by atoms with Crippen molar-refractivity contribution in [3.63, 3.8) is 0 Å².